The maximum Gasteiger partial charge on any atom is 0.0295 e. The summed E-state index contributed by atoms with van der Waals surface area (Å²) in [7, 11) is 0. The van der Waals surface area contributed by atoms with Crippen molar-refractivity contribution in [3.05, 3.63) is 0 Å². The van der Waals surface area contributed by atoms with Gasteiger partial charge >= 0.3 is 0 Å². The van der Waals surface area contributed by atoms with Crippen molar-refractivity contribution in [1.29, 1.82) is 0 Å². The quantitative estimate of drug-likeness (QED) is 0.818. The number of hydrogen-bond acceptors (Lipinski definition) is 2. The van der Waals surface area contributed by atoms with Crippen LogP contribution in [0.25, 0.3) is 0 Å². The van der Waals surface area contributed by atoms with E-state index in [1.165, 1.54) is 19.5 Å². The first kappa shape index (κ1) is 15.0. The lowest BCUT2D eigenvalue weighted by Gasteiger charge is -2.42. The lowest BCUT2D eigenvalue weighted by molar-refractivity contribution is 0.0925. The third kappa shape index (κ3) is 3.69. The Morgan fingerprint density at radius 2 is 1.88 bits per heavy atom. The molecule has 2 nitrogen and oxygen atoms in total. The Kier molecular flexibility index (Phi) is 5.03. The Labute approximate surface area is 108 Å². The lowest BCUT2D eigenvalue weighted by atomic mass is 9.80. The first-order chi connectivity index (χ1) is 7.77. The van der Waals surface area contributed by atoms with E-state index in [9.17, 15) is 0 Å². The highest BCUT2D eigenvalue weighted by Crippen LogP contribution is 2.33. The van der Waals surface area contributed by atoms with Crippen LogP contribution in [0, 0.1) is 17.3 Å². The highest BCUT2D eigenvalue weighted by Gasteiger charge is 2.38. The monoisotopic (exact) mass is 240 g/mol. The summed E-state index contributed by atoms with van der Waals surface area (Å²) in [5, 5.41) is 0. The summed E-state index contributed by atoms with van der Waals surface area (Å²) in [5.41, 5.74) is 6.64. The fraction of sp³-hybridized carbons (Fsp3) is 1.00. The SMILES string of the molecule is CCC(N)C(N1CCC(C(C)C)C1)C(C)(C)C. The molecule has 0 spiro atoms. The summed E-state index contributed by atoms with van der Waals surface area (Å²) >= 11 is 0. The fourth-order valence-corrected chi connectivity index (χ4v) is 3.30. The molecule has 1 aliphatic rings. The van der Waals surface area contributed by atoms with E-state index < -0.39 is 0 Å². The van der Waals surface area contributed by atoms with Gasteiger partial charge in [0.25, 0.3) is 0 Å². The highest BCUT2D eigenvalue weighted by molar-refractivity contribution is 4.94. The average molecular weight is 240 g/mol. The number of nitrogens with zero attached hydrogens (tertiary/aromatic N) is 1. The topological polar surface area (TPSA) is 29.3 Å². The first-order valence-electron chi connectivity index (χ1n) is 7.27. The molecule has 0 aromatic rings. The molecule has 2 heteroatoms. The van der Waals surface area contributed by atoms with Crippen molar-refractivity contribution in [3.63, 3.8) is 0 Å². The number of hydrogen-bond donors (Lipinski definition) is 1. The molecule has 17 heavy (non-hydrogen) atoms. The van der Waals surface area contributed by atoms with Crippen molar-refractivity contribution in [2.45, 2.75) is 66.5 Å². The zero-order valence-corrected chi connectivity index (χ0v) is 12.7. The minimum Gasteiger partial charge on any atom is -0.326 e. The second-order valence-electron chi connectivity index (χ2n) is 7.17. The van der Waals surface area contributed by atoms with Gasteiger partial charge in [0.15, 0.2) is 0 Å². The molecule has 1 saturated heterocycles. The normalized spacial score (nSPS) is 26.5. The molecule has 3 unspecified atom stereocenters. The van der Waals surface area contributed by atoms with E-state index in [2.05, 4.69) is 46.4 Å². The standard InChI is InChI=1S/C15H32N2/c1-7-13(16)14(15(4,5)6)17-9-8-12(10-17)11(2)3/h11-14H,7-10,16H2,1-6H3. The minimum absolute atomic E-state index is 0.279. The van der Waals surface area contributed by atoms with Crippen LogP contribution in [0.3, 0.4) is 0 Å². The molecule has 0 saturated carbocycles. The van der Waals surface area contributed by atoms with Crippen LogP contribution in [-0.2, 0) is 0 Å². The van der Waals surface area contributed by atoms with Gasteiger partial charge in [0.2, 0.25) is 0 Å². The fourth-order valence-electron chi connectivity index (χ4n) is 3.30. The van der Waals surface area contributed by atoms with E-state index in [4.69, 9.17) is 5.73 Å². The Hall–Kier alpha value is -0.0800. The molecule has 3 atom stereocenters. The van der Waals surface area contributed by atoms with Gasteiger partial charge in [-0.1, -0.05) is 41.5 Å². The van der Waals surface area contributed by atoms with Crippen LogP contribution in [0.5, 0.6) is 0 Å². The molecule has 1 heterocycles. The maximum absolute atomic E-state index is 6.36. The molecule has 0 aliphatic carbocycles. The van der Waals surface area contributed by atoms with E-state index in [-0.39, 0.29) is 5.41 Å². The summed E-state index contributed by atoms with van der Waals surface area (Å²) in [6, 6.07) is 0.831. The molecule has 2 N–H and O–H groups in total. The van der Waals surface area contributed by atoms with Gasteiger partial charge in [0.05, 0.1) is 0 Å². The number of likely N-dealkylation sites (tertiary alicyclic amines) is 1. The molecular formula is C15H32N2. The summed E-state index contributed by atoms with van der Waals surface area (Å²) in [5.74, 6) is 1.67. The van der Waals surface area contributed by atoms with Crippen LogP contribution >= 0.6 is 0 Å². The molecule has 1 fully saturated rings. The van der Waals surface area contributed by atoms with Gasteiger partial charge in [-0.3, -0.25) is 4.90 Å². The van der Waals surface area contributed by atoms with Crippen LogP contribution in [0.15, 0.2) is 0 Å². The molecule has 0 radical (unpaired) electrons. The Bertz CT molecular complexity index is 230. The van der Waals surface area contributed by atoms with Crippen LogP contribution < -0.4 is 5.73 Å². The minimum atomic E-state index is 0.279. The van der Waals surface area contributed by atoms with Crippen molar-refractivity contribution in [1.82, 2.24) is 4.90 Å². The largest absolute Gasteiger partial charge is 0.326 e. The summed E-state index contributed by atoms with van der Waals surface area (Å²) in [6.45, 7) is 16.4. The van der Waals surface area contributed by atoms with Gasteiger partial charge < -0.3 is 5.73 Å². The zero-order chi connectivity index (χ0) is 13.2. The van der Waals surface area contributed by atoms with Crippen molar-refractivity contribution in [2.75, 3.05) is 13.1 Å². The van der Waals surface area contributed by atoms with E-state index in [1.54, 1.807) is 0 Å². The van der Waals surface area contributed by atoms with Gasteiger partial charge in [0, 0.05) is 18.6 Å². The first-order valence-corrected chi connectivity index (χ1v) is 7.27. The second-order valence-corrected chi connectivity index (χ2v) is 7.17. The van der Waals surface area contributed by atoms with E-state index >= 15 is 0 Å². The Balaban J connectivity index is 2.73. The number of rotatable bonds is 4. The van der Waals surface area contributed by atoms with Crippen LogP contribution in [-0.4, -0.2) is 30.1 Å². The smallest absolute Gasteiger partial charge is 0.0295 e. The molecule has 0 aromatic heterocycles. The predicted molar refractivity (Wildman–Crippen MR) is 76.0 cm³/mol. The summed E-state index contributed by atoms with van der Waals surface area (Å²) < 4.78 is 0. The highest BCUT2D eigenvalue weighted by atomic mass is 15.2. The summed E-state index contributed by atoms with van der Waals surface area (Å²) in [6.07, 6.45) is 2.42. The Morgan fingerprint density at radius 1 is 1.29 bits per heavy atom. The number of nitrogens with two attached hydrogens (primary N) is 1. The van der Waals surface area contributed by atoms with E-state index in [0.29, 0.717) is 12.1 Å². The van der Waals surface area contributed by atoms with Crippen molar-refractivity contribution in [3.8, 4) is 0 Å². The molecule has 1 rings (SSSR count). The van der Waals surface area contributed by atoms with Crippen LogP contribution in [0.1, 0.15) is 54.4 Å². The molecule has 1 aliphatic heterocycles. The average Bonchev–Trinajstić information content (AvgIpc) is 2.64. The maximum atomic E-state index is 6.36. The van der Waals surface area contributed by atoms with Gasteiger partial charge in [-0.05, 0) is 36.6 Å². The predicted octanol–water partition coefficient (Wildman–Crippen LogP) is 3.12. The third-order valence-electron chi connectivity index (χ3n) is 4.36. The molecule has 0 bridgehead atoms. The lowest BCUT2D eigenvalue weighted by Crippen LogP contribution is -2.53. The second kappa shape index (κ2) is 5.71. The van der Waals surface area contributed by atoms with Crippen molar-refractivity contribution < 1.29 is 0 Å². The molecule has 0 amide bonds. The molecular weight excluding hydrogens is 208 g/mol. The molecule has 102 valence electrons. The van der Waals surface area contributed by atoms with Crippen molar-refractivity contribution >= 4 is 0 Å². The van der Waals surface area contributed by atoms with Gasteiger partial charge in [-0.15, -0.1) is 0 Å². The van der Waals surface area contributed by atoms with Crippen molar-refractivity contribution in [2.24, 2.45) is 23.0 Å². The van der Waals surface area contributed by atoms with Crippen LogP contribution in [0.4, 0.5) is 0 Å². The van der Waals surface area contributed by atoms with Crippen LogP contribution in [0.2, 0.25) is 0 Å². The van der Waals surface area contributed by atoms with Gasteiger partial charge in [-0.2, -0.15) is 0 Å². The Morgan fingerprint density at radius 3 is 2.24 bits per heavy atom. The van der Waals surface area contributed by atoms with Gasteiger partial charge in [0.1, 0.15) is 0 Å². The summed E-state index contributed by atoms with van der Waals surface area (Å²) in [4.78, 5) is 2.65. The van der Waals surface area contributed by atoms with E-state index in [1.807, 2.05) is 0 Å². The van der Waals surface area contributed by atoms with Gasteiger partial charge in [-0.25, -0.2) is 0 Å². The molecule has 0 aromatic carbocycles. The zero-order valence-electron chi connectivity index (χ0n) is 12.7. The van der Waals surface area contributed by atoms with E-state index in [0.717, 1.165) is 18.3 Å². The third-order valence-corrected chi connectivity index (χ3v) is 4.36.